The molecule has 116 valence electrons. The van der Waals surface area contributed by atoms with Crippen molar-refractivity contribution in [3.63, 3.8) is 0 Å². The fourth-order valence-electron chi connectivity index (χ4n) is 1.84. The predicted molar refractivity (Wildman–Crippen MR) is 83.3 cm³/mol. The fraction of sp³-hybridized carbons (Fsp3) is 0.467. The van der Waals surface area contributed by atoms with Crippen LogP contribution < -0.4 is 5.73 Å². The lowest BCUT2D eigenvalue weighted by molar-refractivity contribution is 0.135. The van der Waals surface area contributed by atoms with Crippen LogP contribution in [0.15, 0.2) is 29.2 Å². The summed E-state index contributed by atoms with van der Waals surface area (Å²) < 4.78 is 32.1. The van der Waals surface area contributed by atoms with E-state index in [4.69, 9.17) is 10.5 Å². The quantitative estimate of drug-likeness (QED) is 0.603. The van der Waals surface area contributed by atoms with E-state index < -0.39 is 10.0 Å². The molecular formula is C15H22N2O3S. The number of benzene rings is 1. The Balaban J connectivity index is 3.11. The van der Waals surface area contributed by atoms with Gasteiger partial charge in [0.2, 0.25) is 10.0 Å². The predicted octanol–water partition coefficient (Wildman–Crippen LogP) is 1.04. The lowest BCUT2D eigenvalue weighted by Crippen LogP contribution is -2.34. The van der Waals surface area contributed by atoms with Gasteiger partial charge in [0.25, 0.3) is 0 Å². The van der Waals surface area contributed by atoms with E-state index >= 15 is 0 Å². The molecule has 0 radical (unpaired) electrons. The van der Waals surface area contributed by atoms with E-state index in [0.29, 0.717) is 31.9 Å². The summed E-state index contributed by atoms with van der Waals surface area (Å²) in [7, 11) is -3.58. The number of rotatable bonds is 7. The lowest BCUT2D eigenvalue weighted by Gasteiger charge is -2.21. The number of likely N-dealkylation sites (N-methyl/N-ethyl adjacent to an activating group) is 1. The third-order valence-corrected chi connectivity index (χ3v) is 4.90. The first kappa shape index (κ1) is 17.7. The average molecular weight is 310 g/mol. The molecular weight excluding hydrogens is 288 g/mol. The van der Waals surface area contributed by atoms with E-state index in [1.165, 1.54) is 4.31 Å². The van der Waals surface area contributed by atoms with Crippen molar-refractivity contribution in [2.24, 2.45) is 5.73 Å². The van der Waals surface area contributed by atoms with Crippen LogP contribution >= 0.6 is 0 Å². The maximum atomic E-state index is 12.7. The van der Waals surface area contributed by atoms with Gasteiger partial charge in [-0.1, -0.05) is 30.9 Å². The SMILES string of the molecule is CCOCCN(CC)S(=O)(=O)c1ccccc1C#CCN. The van der Waals surface area contributed by atoms with Gasteiger partial charge in [0.1, 0.15) is 0 Å². The van der Waals surface area contributed by atoms with Gasteiger partial charge in [0.15, 0.2) is 0 Å². The fourth-order valence-corrected chi connectivity index (χ4v) is 3.42. The minimum Gasteiger partial charge on any atom is -0.380 e. The zero-order chi connectivity index (χ0) is 15.7. The monoisotopic (exact) mass is 310 g/mol. The molecule has 21 heavy (non-hydrogen) atoms. The molecule has 0 bridgehead atoms. The summed E-state index contributed by atoms with van der Waals surface area (Å²) in [5.74, 6) is 5.51. The highest BCUT2D eigenvalue weighted by Gasteiger charge is 2.24. The largest absolute Gasteiger partial charge is 0.380 e. The number of ether oxygens (including phenoxy) is 1. The Hall–Kier alpha value is -1.39. The van der Waals surface area contributed by atoms with Crippen LogP contribution in [-0.4, -0.2) is 45.6 Å². The maximum absolute atomic E-state index is 12.7. The van der Waals surface area contributed by atoms with Crippen LogP contribution in [0.3, 0.4) is 0 Å². The molecule has 1 aromatic rings. The first-order valence-corrected chi connectivity index (χ1v) is 8.37. The molecule has 1 aromatic carbocycles. The highest BCUT2D eigenvalue weighted by Crippen LogP contribution is 2.19. The van der Waals surface area contributed by atoms with E-state index in [2.05, 4.69) is 11.8 Å². The van der Waals surface area contributed by atoms with Gasteiger partial charge in [-0.25, -0.2) is 8.42 Å². The van der Waals surface area contributed by atoms with Crippen molar-refractivity contribution < 1.29 is 13.2 Å². The smallest absolute Gasteiger partial charge is 0.244 e. The Morgan fingerprint density at radius 2 is 2.00 bits per heavy atom. The van der Waals surface area contributed by atoms with Crippen LogP contribution in [0.4, 0.5) is 0 Å². The number of nitrogens with zero attached hydrogens (tertiary/aromatic N) is 1. The van der Waals surface area contributed by atoms with Crippen molar-refractivity contribution in [3.8, 4) is 11.8 Å². The van der Waals surface area contributed by atoms with Crippen molar-refractivity contribution >= 4 is 10.0 Å². The van der Waals surface area contributed by atoms with Gasteiger partial charge in [-0.3, -0.25) is 0 Å². The van der Waals surface area contributed by atoms with Crippen molar-refractivity contribution in [2.75, 3.05) is 32.8 Å². The minimum absolute atomic E-state index is 0.191. The van der Waals surface area contributed by atoms with E-state index in [0.717, 1.165) is 0 Å². The van der Waals surface area contributed by atoms with E-state index in [9.17, 15) is 8.42 Å². The van der Waals surface area contributed by atoms with E-state index in [1.54, 1.807) is 31.2 Å². The third kappa shape index (κ3) is 4.83. The maximum Gasteiger partial charge on any atom is 0.244 e. The molecule has 0 aliphatic carbocycles. The Kier molecular flexibility index (Phi) is 7.40. The summed E-state index contributed by atoms with van der Waals surface area (Å²) in [6.07, 6.45) is 0. The Morgan fingerprint density at radius 1 is 1.29 bits per heavy atom. The van der Waals surface area contributed by atoms with Gasteiger partial charge in [-0.15, -0.1) is 0 Å². The van der Waals surface area contributed by atoms with Crippen molar-refractivity contribution in [1.82, 2.24) is 4.31 Å². The van der Waals surface area contributed by atoms with Gasteiger partial charge in [-0.2, -0.15) is 4.31 Å². The summed E-state index contributed by atoms with van der Waals surface area (Å²) >= 11 is 0. The summed E-state index contributed by atoms with van der Waals surface area (Å²) in [5, 5.41) is 0. The van der Waals surface area contributed by atoms with Crippen LogP contribution in [-0.2, 0) is 14.8 Å². The second-order valence-electron chi connectivity index (χ2n) is 4.20. The zero-order valence-electron chi connectivity index (χ0n) is 12.5. The van der Waals surface area contributed by atoms with Crippen molar-refractivity contribution in [3.05, 3.63) is 29.8 Å². The summed E-state index contributed by atoms with van der Waals surface area (Å²) in [6.45, 7) is 5.52. The van der Waals surface area contributed by atoms with Crippen LogP contribution in [0.25, 0.3) is 0 Å². The number of hydrogen-bond acceptors (Lipinski definition) is 4. The molecule has 0 aromatic heterocycles. The molecule has 2 N–H and O–H groups in total. The molecule has 0 amide bonds. The standard InChI is InChI=1S/C15H22N2O3S/c1-3-17(12-13-20-4-2)21(18,19)15-10-6-5-8-14(15)9-7-11-16/h5-6,8,10H,3-4,11-13,16H2,1-2H3. The van der Waals surface area contributed by atoms with Gasteiger partial charge in [0, 0.05) is 25.3 Å². The Labute approximate surface area is 127 Å². The molecule has 5 nitrogen and oxygen atoms in total. The molecule has 0 aliphatic rings. The normalized spacial score (nSPS) is 11.2. The summed E-state index contributed by atoms with van der Waals surface area (Å²) in [5.41, 5.74) is 5.82. The first-order valence-electron chi connectivity index (χ1n) is 6.93. The molecule has 0 aliphatic heterocycles. The number of nitrogens with two attached hydrogens (primary N) is 1. The molecule has 0 saturated carbocycles. The average Bonchev–Trinajstić information content (AvgIpc) is 2.49. The second-order valence-corrected chi connectivity index (χ2v) is 6.10. The van der Waals surface area contributed by atoms with Gasteiger partial charge < -0.3 is 10.5 Å². The summed E-state index contributed by atoms with van der Waals surface area (Å²) in [6, 6.07) is 6.71. The van der Waals surface area contributed by atoms with Crippen LogP contribution in [0, 0.1) is 11.8 Å². The van der Waals surface area contributed by atoms with Crippen molar-refractivity contribution in [1.29, 1.82) is 0 Å². The first-order chi connectivity index (χ1) is 10.1. The van der Waals surface area contributed by atoms with Crippen molar-refractivity contribution in [2.45, 2.75) is 18.7 Å². The van der Waals surface area contributed by atoms with Gasteiger partial charge in [0.05, 0.1) is 18.0 Å². The molecule has 0 fully saturated rings. The van der Waals surface area contributed by atoms with Crippen LogP contribution in [0.5, 0.6) is 0 Å². The van der Waals surface area contributed by atoms with Gasteiger partial charge in [-0.05, 0) is 19.1 Å². The highest BCUT2D eigenvalue weighted by molar-refractivity contribution is 7.89. The lowest BCUT2D eigenvalue weighted by atomic mass is 10.2. The van der Waals surface area contributed by atoms with Gasteiger partial charge >= 0.3 is 0 Å². The zero-order valence-corrected chi connectivity index (χ0v) is 13.3. The van der Waals surface area contributed by atoms with Crippen LogP contribution in [0.2, 0.25) is 0 Å². The number of sulfonamides is 1. The van der Waals surface area contributed by atoms with E-state index in [-0.39, 0.29) is 11.4 Å². The Bertz CT molecular complexity index is 603. The second kappa shape index (κ2) is 8.80. The van der Waals surface area contributed by atoms with Crippen LogP contribution in [0.1, 0.15) is 19.4 Å². The molecule has 6 heteroatoms. The van der Waals surface area contributed by atoms with E-state index in [1.807, 2.05) is 6.92 Å². The summed E-state index contributed by atoms with van der Waals surface area (Å²) in [4.78, 5) is 0.212. The highest BCUT2D eigenvalue weighted by atomic mass is 32.2. The number of hydrogen-bond donors (Lipinski definition) is 1. The minimum atomic E-state index is -3.58. The molecule has 0 heterocycles. The molecule has 1 rings (SSSR count). The molecule has 0 saturated heterocycles. The topological polar surface area (TPSA) is 72.6 Å². The molecule has 0 spiro atoms. The third-order valence-electron chi connectivity index (χ3n) is 2.87. The molecule has 0 atom stereocenters. The Morgan fingerprint density at radius 3 is 2.62 bits per heavy atom. The molecule has 0 unspecified atom stereocenters.